The molecule has 0 amide bonds. The molecule has 1 aliphatic rings. The van der Waals surface area contributed by atoms with Crippen LogP contribution in [-0.2, 0) is 5.60 Å². The summed E-state index contributed by atoms with van der Waals surface area (Å²) in [7, 11) is 0. The van der Waals surface area contributed by atoms with Crippen molar-refractivity contribution in [1.82, 2.24) is 0 Å². The third-order valence-corrected chi connectivity index (χ3v) is 2.62. The van der Waals surface area contributed by atoms with E-state index in [1.165, 1.54) is 6.07 Å². The van der Waals surface area contributed by atoms with Gasteiger partial charge in [-0.3, -0.25) is 0 Å². The van der Waals surface area contributed by atoms with E-state index in [2.05, 4.69) is 0 Å². The minimum Gasteiger partial charge on any atom is -0.385 e. The first-order chi connectivity index (χ1) is 6.03. The van der Waals surface area contributed by atoms with Crippen molar-refractivity contribution in [2.75, 3.05) is 0 Å². The van der Waals surface area contributed by atoms with E-state index in [1.54, 1.807) is 0 Å². The fraction of sp³-hybridized carbons (Fsp3) is 0.455. The molecule has 0 aromatic heterocycles. The van der Waals surface area contributed by atoms with Crippen LogP contribution >= 0.6 is 0 Å². The van der Waals surface area contributed by atoms with E-state index in [9.17, 15) is 9.50 Å². The van der Waals surface area contributed by atoms with Gasteiger partial charge in [-0.2, -0.15) is 0 Å². The average Bonchev–Trinajstić information content (AvgIpc) is 2.65. The molecule has 1 saturated carbocycles. The number of rotatable bonds is 1. The van der Waals surface area contributed by atoms with E-state index < -0.39 is 5.60 Å². The summed E-state index contributed by atoms with van der Waals surface area (Å²) >= 11 is 0. The summed E-state index contributed by atoms with van der Waals surface area (Å²) in [6, 6.07) is 3.40. The van der Waals surface area contributed by atoms with Gasteiger partial charge in [-0.1, -0.05) is 6.07 Å². The summed E-state index contributed by atoms with van der Waals surface area (Å²) in [6.45, 7) is 3.71. The molecule has 1 N–H and O–H groups in total. The molecule has 2 rings (SSSR count). The summed E-state index contributed by atoms with van der Waals surface area (Å²) in [4.78, 5) is 0. The minimum absolute atomic E-state index is 0.266. The van der Waals surface area contributed by atoms with Crippen LogP contribution in [0.15, 0.2) is 12.1 Å². The second kappa shape index (κ2) is 2.55. The summed E-state index contributed by atoms with van der Waals surface area (Å²) in [6.07, 6.45) is 1.38. The number of hydrogen-bond acceptors (Lipinski definition) is 1. The molecule has 0 heterocycles. The van der Waals surface area contributed by atoms with Gasteiger partial charge in [0.2, 0.25) is 0 Å². The molecular weight excluding hydrogens is 167 g/mol. The lowest BCUT2D eigenvalue weighted by Crippen LogP contribution is -2.10. The molecule has 0 radical (unpaired) electrons. The first-order valence-corrected chi connectivity index (χ1v) is 4.52. The van der Waals surface area contributed by atoms with Gasteiger partial charge >= 0.3 is 0 Å². The van der Waals surface area contributed by atoms with Gasteiger partial charge in [0, 0.05) is 5.56 Å². The Labute approximate surface area is 77.2 Å². The van der Waals surface area contributed by atoms with E-state index >= 15 is 0 Å². The fourth-order valence-electron chi connectivity index (χ4n) is 1.87. The second-order valence-electron chi connectivity index (χ2n) is 3.97. The van der Waals surface area contributed by atoms with Gasteiger partial charge in [0.25, 0.3) is 0 Å². The number of aliphatic hydroxyl groups is 1. The van der Waals surface area contributed by atoms with Crippen LogP contribution in [0.1, 0.15) is 29.5 Å². The Morgan fingerprint density at radius 2 is 1.92 bits per heavy atom. The number of aryl methyl sites for hydroxylation is 2. The van der Waals surface area contributed by atoms with Gasteiger partial charge in [0.15, 0.2) is 0 Å². The Balaban J connectivity index is 2.57. The summed E-state index contributed by atoms with van der Waals surface area (Å²) < 4.78 is 13.5. The maximum Gasteiger partial charge on any atom is 0.129 e. The SMILES string of the molecule is Cc1cc(C)c(C2(O)CC2)c(F)c1. The second-order valence-corrected chi connectivity index (χ2v) is 3.97. The number of hydrogen-bond donors (Lipinski definition) is 1. The summed E-state index contributed by atoms with van der Waals surface area (Å²) in [5.74, 6) is -0.266. The highest BCUT2D eigenvalue weighted by atomic mass is 19.1. The largest absolute Gasteiger partial charge is 0.385 e. The monoisotopic (exact) mass is 180 g/mol. The van der Waals surface area contributed by atoms with Crippen LogP contribution in [0, 0.1) is 19.7 Å². The Morgan fingerprint density at radius 1 is 1.31 bits per heavy atom. The van der Waals surface area contributed by atoms with Crippen molar-refractivity contribution < 1.29 is 9.50 Å². The topological polar surface area (TPSA) is 20.2 Å². The molecule has 1 fully saturated rings. The zero-order chi connectivity index (χ0) is 9.64. The molecule has 13 heavy (non-hydrogen) atoms. The lowest BCUT2D eigenvalue weighted by molar-refractivity contribution is 0.146. The van der Waals surface area contributed by atoms with Gasteiger partial charge in [-0.05, 0) is 43.9 Å². The molecule has 1 aliphatic carbocycles. The van der Waals surface area contributed by atoms with Crippen molar-refractivity contribution in [3.63, 3.8) is 0 Å². The Hall–Kier alpha value is -0.890. The normalized spacial score (nSPS) is 18.8. The Bertz CT molecular complexity index is 330. The number of benzene rings is 1. The molecule has 0 spiro atoms. The first-order valence-electron chi connectivity index (χ1n) is 4.52. The molecule has 0 atom stereocenters. The molecule has 1 aromatic carbocycles. The molecule has 0 unspecified atom stereocenters. The summed E-state index contributed by atoms with van der Waals surface area (Å²) in [5.41, 5.74) is 1.40. The third-order valence-electron chi connectivity index (χ3n) is 2.62. The molecule has 2 heteroatoms. The van der Waals surface area contributed by atoms with Crippen molar-refractivity contribution in [3.8, 4) is 0 Å². The van der Waals surface area contributed by atoms with E-state index in [4.69, 9.17) is 0 Å². The smallest absolute Gasteiger partial charge is 0.129 e. The predicted molar refractivity (Wildman–Crippen MR) is 49.0 cm³/mol. The maximum absolute atomic E-state index is 13.5. The van der Waals surface area contributed by atoms with Crippen molar-refractivity contribution in [3.05, 3.63) is 34.6 Å². The van der Waals surface area contributed by atoms with Crippen LogP contribution in [0.5, 0.6) is 0 Å². The van der Waals surface area contributed by atoms with Crippen molar-refractivity contribution in [2.24, 2.45) is 0 Å². The summed E-state index contributed by atoms with van der Waals surface area (Å²) in [5, 5.41) is 9.81. The van der Waals surface area contributed by atoms with E-state index in [1.807, 2.05) is 19.9 Å². The Morgan fingerprint density at radius 3 is 2.38 bits per heavy atom. The lowest BCUT2D eigenvalue weighted by atomic mass is 9.99. The van der Waals surface area contributed by atoms with Crippen LogP contribution in [-0.4, -0.2) is 5.11 Å². The van der Waals surface area contributed by atoms with Gasteiger partial charge in [-0.25, -0.2) is 4.39 Å². The predicted octanol–water partition coefficient (Wildman–Crippen LogP) is 2.42. The van der Waals surface area contributed by atoms with E-state index in [0.717, 1.165) is 11.1 Å². The molecule has 0 aliphatic heterocycles. The van der Waals surface area contributed by atoms with Gasteiger partial charge in [0.1, 0.15) is 5.82 Å². The van der Waals surface area contributed by atoms with Crippen molar-refractivity contribution >= 4 is 0 Å². The third kappa shape index (κ3) is 1.35. The van der Waals surface area contributed by atoms with E-state index in [-0.39, 0.29) is 5.82 Å². The zero-order valence-corrected chi connectivity index (χ0v) is 7.89. The van der Waals surface area contributed by atoms with Crippen LogP contribution < -0.4 is 0 Å². The number of halogens is 1. The van der Waals surface area contributed by atoms with Gasteiger partial charge < -0.3 is 5.11 Å². The van der Waals surface area contributed by atoms with Crippen LogP contribution in [0.25, 0.3) is 0 Å². The molecule has 0 saturated heterocycles. The highest BCUT2D eigenvalue weighted by molar-refractivity contribution is 5.38. The quantitative estimate of drug-likeness (QED) is 0.703. The molecular formula is C11H13FO. The van der Waals surface area contributed by atoms with Crippen LogP contribution in [0.3, 0.4) is 0 Å². The van der Waals surface area contributed by atoms with E-state index in [0.29, 0.717) is 18.4 Å². The van der Waals surface area contributed by atoms with Crippen LogP contribution in [0.4, 0.5) is 4.39 Å². The fourth-order valence-corrected chi connectivity index (χ4v) is 1.87. The zero-order valence-electron chi connectivity index (χ0n) is 7.89. The van der Waals surface area contributed by atoms with Crippen molar-refractivity contribution in [2.45, 2.75) is 32.3 Å². The highest BCUT2D eigenvalue weighted by Crippen LogP contribution is 2.47. The molecule has 0 bridgehead atoms. The van der Waals surface area contributed by atoms with Crippen molar-refractivity contribution in [1.29, 1.82) is 0 Å². The van der Waals surface area contributed by atoms with Gasteiger partial charge in [-0.15, -0.1) is 0 Å². The minimum atomic E-state index is -0.859. The Kier molecular flexibility index (Phi) is 1.70. The maximum atomic E-state index is 13.5. The average molecular weight is 180 g/mol. The lowest BCUT2D eigenvalue weighted by Gasteiger charge is -2.13. The highest BCUT2D eigenvalue weighted by Gasteiger charge is 2.45. The molecule has 1 aromatic rings. The standard InChI is InChI=1S/C11H13FO/c1-7-5-8(2)10(9(12)6-7)11(13)3-4-11/h5-6,13H,3-4H2,1-2H3. The van der Waals surface area contributed by atoms with Crippen LogP contribution in [0.2, 0.25) is 0 Å². The molecule has 70 valence electrons. The van der Waals surface area contributed by atoms with Gasteiger partial charge in [0.05, 0.1) is 5.60 Å². The first kappa shape index (κ1) is 8.70. The molecule has 1 nitrogen and oxygen atoms in total.